The van der Waals surface area contributed by atoms with Gasteiger partial charge < -0.3 is 14.8 Å². The molecule has 2 aromatic heterocycles. The van der Waals surface area contributed by atoms with E-state index in [9.17, 15) is 0 Å². The molecule has 0 aliphatic carbocycles. The molecule has 0 aliphatic rings. The number of hydrogen-bond acceptors (Lipinski definition) is 5. The van der Waals surface area contributed by atoms with Crippen molar-refractivity contribution in [3.8, 4) is 11.5 Å². The second kappa shape index (κ2) is 5.77. The van der Waals surface area contributed by atoms with Crippen LogP contribution in [0.3, 0.4) is 0 Å². The first-order valence-corrected chi connectivity index (χ1v) is 7.56. The van der Waals surface area contributed by atoms with E-state index in [4.69, 9.17) is 9.47 Å². The van der Waals surface area contributed by atoms with Crippen LogP contribution in [0.5, 0.6) is 11.5 Å². The fourth-order valence-electron chi connectivity index (χ4n) is 2.70. The molecule has 0 saturated carbocycles. The Morgan fingerprint density at radius 3 is 2.79 bits per heavy atom. The van der Waals surface area contributed by atoms with Crippen molar-refractivity contribution in [1.82, 2.24) is 19.6 Å². The molecular weight excluding hydrogens is 306 g/mol. The maximum Gasteiger partial charge on any atom is 0.253 e. The summed E-state index contributed by atoms with van der Waals surface area (Å²) < 4.78 is 12.4. The van der Waals surface area contributed by atoms with Gasteiger partial charge in [-0.1, -0.05) is 18.2 Å². The van der Waals surface area contributed by atoms with E-state index in [1.54, 1.807) is 14.2 Å². The summed E-state index contributed by atoms with van der Waals surface area (Å²) in [5.74, 6) is 2.89. The van der Waals surface area contributed by atoms with Gasteiger partial charge >= 0.3 is 0 Å². The molecule has 0 saturated heterocycles. The zero-order chi connectivity index (χ0) is 16.5. The van der Waals surface area contributed by atoms with Crippen LogP contribution in [0.15, 0.2) is 42.5 Å². The number of H-pyrrole nitrogens is 1. The summed E-state index contributed by atoms with van der Waals surface area (Å²) in [5, 5.41) is 6.48. The average Bonchev–Trinajstić information content (AvgIpc) is 3.16. The van der Waals surface area contributed by atoms with Gasteiger partial charge in [0.1, 0.15) is 11.5 Å². The normalized spacial score (nSPS) is 11.1. The predicted octanol–water partition coefficient (Wildman–Crippen LogP) is 2.84. The van der Waals surface area contributed by atoms with Crippen molar-refractivity contribution in [3.05, 3.63) is 48.0 Å². The molecule has 2 N–H and O–H groups in total. The van der Waals surface area contributed by atoms with Crippen molar-refractivity contribution < 1.29 is 9.47 Å². The molecule has 7 heteroatoms. The lowest BCUT2D eigenvalue weighted by molar-refractivity contribution is 0.410. The van der Waals surface area contributed by atoms with E-state index < -0.39 is 0 Å². The highest BCUT2D eigenvalue weighted by atomic mass is 16.5. The standard InChI is InChI=1S/C17H17N5O2/c1-23-12-7-8-14-13(9-12)19-17-20-16(21-22(14)17)18-10-11-5-3-4-6-15(11)24-2/h3-9H,10H2,1-2H3,(H2,18,19,20,21). The number of aromatic nitrogens is 4. The number of para-hydroxylation sites is 1. The summed E-state index contributed by atoms with van der Waals surface area (Å²) in [4.78, 5) is 8.99. The molecule has 0 atom stereocenters. The third kappa shape index (κ3) is 2.40. The highest BCUT2D eigenvalue weighted by Crippen LogP contribution is 2.22. The summed E-state index contributed by atoms with van der Waals surface area (Å²) in [7, 11) is 3.31. The Balaban J connectivity index is 1.61. The predicted molar refractivity (Wildman–Crippen MR) is 91.7 cm³/mol. The minimum absolute atomic E-state index is 0.604. The van der Waals surface area contributed by atoms with Gasteiger partial charge in [0.2, 0.25) is 5.95 Å². The number of nitrogens with one attached hydrogen (secondary N) is 2. The van der Waals surface area contributed by atoms with E-state index in [1.807, 2.05) is 47.0 Å². The first-order chi connectivity index (χ1) is 11.8. The number of rotatable bonds is 5. The van der Waals surface area contributed by atoms with E-state index in [2.05, 4.69) is 20.4 Å². The smallest absolute Gasteiger partial charge is 0.253 e. The summed E-state index contributed by atoms with van der Waals surface area (Å²) in [5.41, 5.74) is 2.84. The fourth-order valence-corrected chi connectivity index (χ4v) is 2.70. The van der Waals surface area contributed by atoms with Crippen LogP contribution in [-0.2, 0) is 6.54 Å². The van der Waals surface area contributed by atoms with Crippen molar-refractivity contribution in [1.29, 1.82) is 0 Å². The lowest BCUT2D eigenvalue weighted by Crippen LogP contribution is -2.03. The highest BCUT2D eigenvalue weighted by Gasteiger charge is 2.11. The summed E-state index contributed by atoms with van der Waals surface area (Å²) in [6, 6.07) is 13.6. The highest BCUT2D eigenvalue weighted by molar-refractivity contribution is 5.80. The molecule has 0 fully saturated rings. The van der Waals surface area contributed by atoms with Crippen LogP contribution in [0, 0.1) is 0 Å². The molecule has 0 unspecified atom stereocenters. The molecule has 122 valence electrons. The maximum absolute atomic E-state index is 5.36. The van der Waals surface area contributed by atoms with Gasteiger partial charge in [0.05, 0.1) is 25.3 Å². The molecule has 2 aromatic carbocycles. The van der Waals surface area contributed by atoms with Gasteiger partial charge in [-0.25, -0.2) is 9.50 Å². The topological polar surface area (TPSA) is 76.5 Å². The zero-order valence-corrected chi connectivity index (χ0v) is 13.4. The van der Waals surface area contributed by atoms with Crippen molar-refractivity contribution in [2.75, 3.05) is 19.5 Å². The molecule has 0 amide bonds. The Hall–Kier alpha value is -3.22. The summed E-state index contributed by atoms with van der Waals surface area (Å²) >= 11 is 0. The second-order valence-electron chi connectivity index (χ2n) is 5.34. The number of imidazole rings is 1. The number of aromatic amines is 1. The Labute approximate surface area is 138 Å². The van der Waals surface area contributed by atoms with Gasteiger partial charge in [0.25, 0.3) is 5.78 Å². The Morgan fingerprint density at radius 2 is 1.96 bits per heavy atom. The van der Waals surface area contributed by atoms with Crippen molar-refractivity contribution in [2.45, 2.75) is 6.54 Å². The number of methoxy groups -OCH3 is 2. The number of anilines is 1. The van der Waals surface area contributed by atoms with Gasteiger partial charge in [-0.2, -0.15) is 4.98 Å². The van der Waals surface area contributed by atoms with Crippen LogP contribution in [0.25, 0.3) is 16.8 Å². The summed E-state index contributed by atoms with van der Waals surface area (Å²) in [6.07, 6.45) is 0. The van der Waals surface area contributed by atoms with Gasteiger partial charge in [-0.3, -0.25) is 5.10 Å². The molecule has 0 bridgehead atoms. The molecule has 0 spiro atoms. The van der Waals surface area contributed by atoms with Gasteiger partial charge in [0, 0.05) is 18.2 Å². The third-order valence-electron chi connectivity index (χ3n) is 3.91. The first kappa shape index (κ1) is 14.4. The van der Waals surface area contributed by atoms with Gasteiger partial charge in [-0.05, 0) is 18.2 Å². The van der Waals surface area contributed by atoms with Crippen LogP contribution in [0.2, 0.25) is 0 Å². The number of nitrogens with zero attached hydrogens (tertiary/aromatic N) is 3. The molecule has 24 heavy (non-hydrogen) atoms. The van der Waals surface area contributed by atoms with Gasteiger partial charge in [0.15, 0.2) is 0 Å². The molecule has 7 nitrogen and oxygen atoms in total. The Morgan fingerprint density at radius 1 is 1.08 bits per heavy atom. The SMILES string of the molecule is COc1ccc2c(c1)nc1nc(NCc3ccccc3OC)[nH]n12. The van der Waals surface area contributed by atoms with Crippen LogP contribution in [0.1, 0.15) is 5.56 Å². The van der Waals surface area contributed by atoms with Crippen LogP contribution in [-0.4, -0.2) is 33.8 Å². The molecule has 4 aromatic rings. The maximum atomic E-state index is 5.36. The van der Waals surface area contributed by atoms with Crippen molar-refractivity contribution >= 4 is 22.8 Å². The fraction of sp³-hybridized carbons (Fsp3) is 0.176. The monoisotopic (exact) mass is 323 g/mol. The number of ether oxygens (including phenoxy) is 2. The molecule has 4 rings (SSSR count). The number of benzene rings is 2. The Kier molecular flexibility index (Phi) is 3.45. The van der Waals surface area contributed by atoms with E-state index in [-0.39, 0.29) is 0 Å². The van der Waals surface area contributed by atoms with Crippen molar-refractivity contribution in [3.63, 3.8) is 0 Å². The zero-order valence-electron chi connectivity index (χ0n) is 13.4. The number of hydrogen-bond donors (Lipinski definition) is 2. The van der Waals surface area contributed by atoms with Crippen LogP contribution < -0.4 is 14.8 Å². The quantitative estimate of drug-likeness (QED) is 0.590. The minimum Gasteiger partial charge on any atom is -0.497 e. The molecular formula is C17H17N5O2. The second-order valence-corrected chi connectivity index (χ2v) is 5.34. The number of fused-ring (bicyclic) bond motifs is 3. The largest absolute Gasteiger partial charge is 0.497 e. The molecule has 0 aliphatic heterocycles. The van der Waals surface area contributed by atoms with Gasteiger partial charge in [-0.15, -0.1) is 0 Å². The van der Waals surface area contributed by atoms with E-state index in [1.165, 1.54) is 0 Å². The third-order valence-corrected chi connectivity index (χ3v) is 3.91. The minimum atomic E-state index is 0.604. The first-order valence-electron chi connectivity index (χ1n) is 7.56. The van der Waals surface area contributed by atoms with Crippen LogP contribution >= 0.6 is 0 Å². The van der Waals surface area contributed by atoms with Crippen molar-refractivity contribution in [2.24, 2.45) is 0 Å². The Bertz CT molecular complexity index is 1000. The molecule has 2 heterocycles. The average molecular weight is 323 g/mol. The lowest BCUT2D eigenvalue weighted by atomic mass is 10.2. The van der Waals surface area contributed by atoms with E-state index in [0.717, 1.165) is 28.1 Å². The van der Waals surface area contributed by atoms with E-state index >= 15 is 0 Å². The summed E-state index contributed by atoms with van der Waals surface area (Å²) in [6.45, 7) is 0.604. The lowest BCUT2D eigenvalue weighted by Gasteiger charge is -2.08. The van der Waals surface area contributed by atoms with Crippen LogP contribution in [0.4, 0.5) is 5.95 Å². The molecule has 0 radical (unpaired) electrons. The van der Waals surface area contributed by atoms with E-state index in [0.29, 0.717) is 18.3 Å².